The lowest BCUT2D eigenvalue weighted by molar-refractivity contribution is -0.145. The average Bonchev–Trinajstić information content (AvgIpc) is 3.00. The molecule has 3 unspecified atom stereocenters. The minimum absolute atomic E-state index is 0.0271. The molecule has 0 bridgehead atoms. The molecule has 0 heterocycles. The Labute approximate surface area is 116 Å². The number of hydrogen-bond donors (Lipinski definition) is 2. The smallest absolute Gasteiger partial charge is 0.249 e. The van der Waals surface area contributed by atoms with Crippen LogP contribution in [0, 0.1) is 5.92 Å². The fourth-order valence-corrected chi connectivity index (χ4v) is 3.51. The Morgan fingerprint density at radius 1 is 1.42 bits per heavy atom. The monoisotopic (exact) mass is 268 g/mol. The Morgan fingerprint density at radius 2 is 2.11 bits per heavy atom. The summed E-state index contributed by atoms with van der Waals surface area (Å²) in [6, 6.07) is 0.356. The van der Waals surface area contributed by atoms with Crippen LogP contribution < -0.4 is 11.1 Å². The second kappa shape index (κ2) is 6.23. The van der Waals surface area contributed by atoms with Crippen LogP contribution in [0.15, 0.2) is 0 Å². The van der Waals surface area contributed by atoms with Gasteiger partial charge < -0.3 is 15.8 Å². The molecule has 2 saturated carbocycles. The van der Waals surface area contributed by atoms with Gasteiger partial charge in [0.15, 0.2) is 0 Å². The number of nitrogens with one attached hydrogen (secondary N) is 1. The van der Waals surface area contributed by atoms with Gasteiger partial charge >= 0.3 is 0 Å². The molecule has 19 heavy (non-hydrogen) atoms. The largest absolute Gasteiger partial charge is 0.361 e. The van der Waals surface area contributed by atoms with E-state index in [1.54, 1.807) is 0 Å². The highest BCUT2D eigenvalue weighted by molar-refractivity contribution is 5.80. The van der Waals surface area contributed by atoms with Gasteiger partial charge in [0.25, 0.3) is 0 Å². The Bertz CT molecular complexity index is 315. The molecule has 4 heteroatoms. The van der Waals surface area contributed by atoms with Crippen LogP contribution in [0.5, 0.6) is 0 Å². The highest BCUT2D eigenvalue weighted by atomic mass is 16.5. The first-order chi connectivity index (χ1) is 9.04. The standard InChI is InChI=1S/C15H28N2O2/c1-11-7-8-15(9-11,10-16)19-12(2)14(18)17-13-5-3-4-6-13/h11-13H,3-10,16H2,1-2H3,(H,17,18). The first-order valence-corrected chi connectivity index (χ1v) is 7.73. The molecule has 2 aliphatic rings. The van der Waals surface area contributed by atoms with Crippen molar-refractivity contribution in [3.8, 4) is 0 Å². The fourth-order valence-electron chi connectivity index (χ4n) is 3.51. The van der Waals surface area contributed by atoms with E-state index in [1.165, 1.54) is 12.8 Å². The molecule has 2 rings (SSSR count). The van der Waals surface area contributed by atoms with Gasteiger partial charge in [0.05, 0.1) is 5.60 Å². The summed E-state index contributed by atoms with van der Waals surface area (Å²) in [5.74, 6) is 0.674. The van der Waals surface area contributed by atoms with Crippen molar-refractivity contribution >= 4 is 5.91 Å². The molecule has 0 radical (unpaired) electrons. The molecule has 1 amide bonds. The molecule has 0 spiro atoms. The lowest BCUT2D eigenvalue weighted by Gasteiger charge is -2.31. The van der Waals surface area contributed by atoms with Crippen molar-refractivity contribution in [2.24, 2.45) is 11.7 Å². The minimum atomic E-state index is -0.394. The quantitative estimate of drug-likeness (QED) is 0.801. The van der Waals surface area contributed by atoms with E-state index in [0.29, 0.717) is 18.5 Å². The predicted octanol–water partition coefficient (Wildman–Crippen LogP) is 1.97. The third-order valence-corrected chi connectivity index (χ3v) is 4.68. The minimum Gasteiger partial charge on any atom is -0.361 e. The Morgan fingerprint density at radius 3 is 2.63 bits per heavy atom. The van der Waals surface area contributed by atoms with Crippen LogP contribution in [-0.2, 0) is 9.53 Å². The van der Waals surface area contributed by atoms with Gasteiger partial charge in [-0.3, -0.25) is 4.79 Å². The van der Waals surface area contributed by atoms with Crippen molar-refractivity contribution in [1.82, 2.24) is 5.32 Å². The summed E-state index contributed by atoms with van der Waals surface area (Å²) in [6.07, 6.45) is 7.38. The average molecular weight is 268 g/mol. The van der Waals surface area contributed by atoms with Crippen molar-refractivity contribution in [3.05, 3.63) is 0 Å². The lowest BCUT2D eigenvalue weighted by Crippen LogP contribution is -2.47. The Balaban J connectivity index is 1.84. The summed E-state index contributed by atoms with van der Waals surface area (Å²) >= 11 is 0. The van der Waals surface area contributed by atoms with E-state index in [4.69, 9.17) is 10.5 Å². The van der Waals surface area contributed by atoms with Gasteiger partial charge in [0.2, 0.25) is 5.91 Å². The number of carbonyl (C=O) groups excluding carboxylic acids is 1. The molecular formula is C15H28N2O2. The second-order valence-electron chi connectivity index (χ2n) is 6.49. The summed E-state index contributed by atoms with van der Waals surface area (Å²) in [5, 5.41) is 3.10. The van der Waals surface area contributed by atoms with Crippen LogP contribution in [0.1, 0.15) is 58.8 Å². The zero-order valence-corrected chi connectivity index (χ0v) is 12.3. The molecule has 0 aliphatic heterocycles. The van der Waals surface area contributed by atoms with Gasteiger partial charge in [-0.05, 0) is 44.9 Å². The Kier molecular flexibility index (Phi) is 4.85. The summed E-state index contributed by atoms with van der Waals surface area (Å²) in [4.78, 5) is 12.1. The molecular weight excluding hydrogens is 240 g/mol. The molecule has 3 atom stereocenters. The van der Waals surface area contributed by atoms with E-state index < -0.39 is 6.10 Å². The summed E-state index contributed by atoms with van der Waals surface area (Å²) in [6.45, 7) is 4.59. The van der Waals surface area contributed by atoms with E-state index in [2.05, 4.69) is 12.2 Å². The van der Waals surface area contributed by atoms with Crippen molar-refractivity contribution < 1.29 is 9.53 Å². The summed E-state index contributed by atoms with van der Waals surface area (Å²) in [7, 11) is 0. The SMILES string of the molecule is CC1CCC(CN)(OC(C)C(=O)NC2CCCC2)C1. The molecule has 0 aromatic rings. The number of amides is 1. The number of carbonyl (C=O) groups is 1. The number of rotatable bonds is 5. The van der Waals surface area contributed by atoms with Gasteiger partial charge in [-0.25, -0.2) is 0 Å². The van der Waals surface area contributed by atoms with Crippen molar-refractivity contribution in [1.29, 1.82) is 0 Å². The first kappa shape index (κ1) is 14.8. The first-order valence-electron chi connectivity index (χ1n) is 7.73. The third kappa shape index (κ3) is 3.69. The summed E-state index contributed by atoms with van der Waals surface area (Å²) in [5.41, 5.74) is 5.61. The highest BCUT2D eigenvalue weighted by Crippen LogP contribution is 2.37. The number of nitrogens with two attached hydrogens (primary N) is 1. The normalized spacial score (nSPS) is 33.5. The fraction of sp³-hybridized carbons (Fsp3) is 0.933. The third-order valence-electron chi connectivity index (χ3n) is 4.68. The molecule has 0 saturated heterocycles. The van der Waals surface area contributed by atoms with Crippen LogP contribution in [-0.4, -0.2) is 30.2 Å². The topological polar surface area (TPSA) is 64.3 Å². The van der Waals surface area contributed by atoms with Crippen molar-refractivity contribution in [2.75, 3.05) is 6.54 Å². The second-order valence-corrected chi connectivity index (χ2v) is 6.49. The van der Waals surface area contributed by atoms with E-state index in [0.717, 1.165) is 32.1 Å². The molecule has 3 N–H and O–H groups in total. The van der Waals surface area contributed by atoms with Crippen LogP contribution in [0.4, 0.5) is 0 Å². The Hall–Kier alpha value is -0.610. The van der Waals surface area contributed by atoms with Gasteiger partial charge in [-0.15, -0.1) is 0 Å². The van der Waals surface area contributed by atoms with E-state index >= 15 is 0 Å². The molecule has 110 valence electrons. The van der Waals surface area contributed by atoms with Crippen LogP contribution in [0.3, 0.4) is 0 Å². The molecule has 2 fully saturated rings. The van der Waals surface area contributed by atoms with Crippen LogP contribution >= 0.6 is 0 Å². The van der Waals surface area contributed by atoms with E-state index in [9.17, 15) is 4.79 Å². The van der Waals surface area contributed by atoms with Gasteiger partial charge in [0.1, 0.15) is 6.10 Å². The zero-order chi connectivity index (χ0) is 13.9. The summed E-state index contributed by atoms with van der Waals surface area (Å²) < 4.78 is 6.05. The van der Waals surface area contributed by atoms with Crippen LogP contribution in [0.25, 0.3) is 0 Å². The van der Waals surface area contributed by atoms with E-state index in [-0.39, 0.29) is 11.5 Å². The van der Waals surface area contributed by atoms with Gasteiger partial charge in [-0.2, -0.15) is 0 Å². The maximum absolute atomic E-state index is 12.1. The molecule has 4 nitrogen and oxygen atoms in total. The number of hydrogen-bond acceptors (Lipinski definition) is 3. The van der Waals surface area contributed by atoms with Gasteiger partial charge in [-0.1, -0.05) is 19.8 Å². The van der Waals surface area contributed by atoms with Gasteiger partial charge in [0, 0.05) is 12.6 Å². The molecule has 0 aromatic heterocycles. The maximum atomic E-state index is 12.1. The van der Waals surface area contributed by atoms with Crippen LogP contribution in [0.2, 0.25) is 0 Å². The molecule has 0 aromatic carbocycles. The van der Waals surface area contributed by atoms with E-state index in [1.807, 2.05) is 6.92 Å². The lowest BCUT2D eigenvalue weighted by atomic mass is 10.0. The zero-order valence-electron chi connectivity index (χ0n) is 12.3. The predicted molar refractivity (Wildman–Crippen MR) is 75.7 cm³/mol. The molecule has 2 aliphatic carbocycles. The van der Waals surface area contributed by atoms with Crippen molar-refractivity contribution in [3.63, 3.8) is 0 Å². The number of ether oxygens (including phenoxy) is 1. The van der Waals surface area contributed by atoms with Crippen molar-refractivity contribution in [2.45, 2.75) is 76.5 Å². The highest BCUT2D eigenvalue weighted by Gasteiger charge is 2.39. The maximum Gasteiger partial charge on any atom is 0.249 e.